The summed E-state index contributed by atoms with van der Waals surface area (Å²) in [6, 6.07) is 5.76. The zero-order valence-electron chi connectivity index (χ0n) is 15.6. The lowest BCUT2D eigenvalue weighted by molar-refractivity contribution is -0.121. The Bertz CT molecular complexity index is 697. The highest BCUT2D eigenvalue weighted by Crippen LogP contribution is 2.17. The van der Waals surface area contributed by atoms with Gasteiger partial charge in [-0.15, -0.1) is 12.4 Å². The number of carbonyl (C=O) groups is 2. The van der Waals surface area contributed by atoms with Crippen molar-refractivity contribution in [1.82, 2.24) is 14.9 Å². The van der Waals surface area contributed by atoms with Gasteiger partial charge in [0.05, 0.1) is 18.0 Å². The van der Waals surface area contributed by atoms with Gasteiger partial charge in [-0.3, -0.25) is 9.59 Å². The molecular formula is C16H27ClN4O5S. The minimum Gasteiger partial charge on any atom is -0.383 e. The third-order valence-corrected chi connectivity index (χ3v) is 5.17. The molecule has 0 spiro atoms. The molecule has 0 atom stereocenters. The number of sulfonamides is 1. The van der Waals surface area contributed by atoms with E-state index in [0.717, 1.165) is 4.31 Å². The average molecular weight is 423 g/mol. The van der Waals surface area contributed by atoms with Crippen LogP contribution in [0, 0.1) is 0 Å². The van der Waals surface area contributed by atoms with Crippen molar-refractivity contribution in [2.45, 2.75) is 11.8 Å². The van der Waals surface area contributed by atoms with Crippen LogP contribution in [-0.2, 0) is 24.3 Å². The van der Waals surface area contributed by atoms with Crippen molar-refractivity contribution >= 4 is 39.9 Å². The third-order valence-electron chi connectivity index (χ3n) is 3.36. The van der Waals surface area contributed by atoms with E-state index in [9.17, 15) is 18.0 Å². The monoisotopic (exact) mass is 422 g/mol. The fourth-order valence-electron chi connectivity index (χ4n) is 2.03. The highest BCUT2D eigenvalue weighted by atomic mass is 35.5. The van der Waals surface area contributed by atoms with Crippen LogP contribution in [0.5, 0.6) is 0 Å². The molecule has 0 aliphatic carbocycles. The Morgan fingerprint density at radius 1 is 1.11 bits per heavy atom. The zero-order chi connectivity index (χ0) is 19.6. The number of nitrogens with zero attached hydrogens (tertiary/aromatic N) is 1. The number of hydrogen-bond donors (Lipinski definition) is 3. The van der Waals surface area contributed by atoms with Gasteiger partial charge in [-0.25, -0.2) is 8.42 Å². The molecule has 0 heterocycles. The van der Waals surface area contributed by atoms with Gasteiger partial charge >= 0.3 is 0 Å². The van der Waals surface area contributed by atoms with E-state index in [4.69, 9.17) is 4.74 Å². The molecule has 0 bridgehead atoms. The maximum absolute atomic E-state index is 12.5. The molecule has 0 radical (unpaired) electrons. The lowest BCUT2D eigenvalue weighted by atomic mass is 10.3. The molecular weight excluding hydrogens is 396 g/mol. The predicted octanol–water partition coefficient (Wildman–Crippen LogP) is 0.0395. The summed E-state index contributed by atoms with van der Waals surface area (Å²) >= 11 is 0. The van der Waals surface area contributed by atoms with Gasteiger partial charge in [0.25, 0.3) is 0 Å². The smallest absolute Gasteiger partial charge is 0.243 e. The summed E-state index contributed by atoms with van der Waals surface area (Å²) in [5.41, 5.74) is 0.498. The fourth-order valence-corrected chi connectivity index (χ4v) is 3.15. The van der Waals surface area contributed by atoms with Crippen molar-refractivity contribution in [3.8, 4) is 0 Å². The van der Waals surface area contributed by atoms with Gasteiger partial charge in [0.2, 0.25) is 21.8 Å². The quantitative estimate of drug-likeness (QED) is 0.433. The van der Waals surface area contributed by atoms with Gasteiger partial charge < -0.3 is 20.7 Å². The van der Waals surface area contributed by atoms with E-state index >= 15 is 0 Å². The molecule has 1 aromatic carbocycles. The minimum atomic E-state index is -3.79. The summed E-state index contributed by atoms with van der Waals surface area (Å²) < 4.78 is 30.8. The van der Waals surface area contributed by atoms with E-state index in [2.05, 4.69) is 16.0 Å². The van der Waals surface area contributed by atoms with Crippen LogP contribution < -0.4 is 16.0 Å². The summed E-state index contributed by atoms with van der Waals surface area (Å²) in [7, 11) is -0.849. The van der Waals surface area contributed by atoms with Crippen LogP contribution in [0.15, 0.2) is 29.2 Å². The topological polar surface area (TPSA) is 117 Å². The lowest BCUT2D eigenvalue weighted by Gasteiger charge is -2.17. The first-order valence-electron chi connectivity index (χ1n) is 8.07. The Balaban J connectivity index is 0.00000676. The number of hydrogen-bond acceptors (Lipinski definition) is 6. The van der Waals surface area contributed by atoms with Gasteiger partial charge in [0, 0.05) is 46.4 Å². The molecule has 11 heteroatoms. The molecule has 0 aliphatic rings. The first-order chi connectivity index (χ1) is 12.3. The van der Waals surface area contributed by atoms with E-state index in [1.807, 2.05) is 0 Å². The van der Waals surface area contributed by atoms with Crippen molar-refractivity contribution in [2.24, 2.45) is 0 Å². The zero-order valence-corrected chi connectivity index (χ0v) is 17.3. The van der Waals surface area contributed by atoms with Crippen LogP contribution in [0.1, 0.15) is 6.92 Å². The Kier molecular flexibility index (Phi) is 11.8. The Morgan fingerprint density at radius 3 is 2.30 bits per heavy atom. The van der Waals surface area contributed by atoms with Gasteiger partial charge in [-0.2, -0.15) is 4.31 Å². The van der Waals surface area contributed by atoms with E-state index in [1.165, 1.54) is 38.2 Å². The van der Waals surface area contributed by atoms with Crippen molar-refractivity contribution in [3.05, 3.63) is 24.3 Å². The second-order valence-electron chi connectivity index (χ2n) is 5.56. The molecule has 0 fully saturated rings. The number of amides is 2. The maximum Gasteiger partial charge on any atom is 0.243 e. The van der Waals surface area contributed by atoms with Crippen molar-refractivity contribution in [1.29, 1.82) is 0 Å². The van der Waals surface area contributed by atoms with Crippen molar-refractivity contribution < 1.29 is 22.7 Å². The molecule has 3 N–H and O–H groups in total. The molecule has 9 nitrogen and oxygen atoms in total. The molecule has 27 heavy (non-hydrogen) atoms. The minimum absolute atomic E-state index is 0. The number of halogens is 1. The van der Waals surface area contributed by atoms with Crippen LogP contribution in [0.2, 0.25) is 0 Å². The first-order valence-corrected chi connectivity index (χ1v) is 9.51. The Hall–Kier alpha value is -1.72. The van der Waals surface area contributed by atoms with E-state index < -0.39 is 10.0 Å². The Morgan fingerprint density at radius 2 is 1.74 bits per heavy atom. The molecule has 154 valence electrons. The molecule has 0 unspecified atom stereocenters. The second kappa shape index (κ2) is 12.6. The number of ether oxygens (including phenoxy) is 1. The van der Waals surface area contributed by atoms with Crippen LogP contribution in [0.4, 0.5) is 5.69 Å². The molecule has 2 amide bonds. The van der Waals surface area contributed by atoms with Crippen LogP contribution in [-0.4, -0.2) is 71.5 Å². The van der Waals surface area contributed by atoms with Crippen molar-refractivity contribution in [3.63, 3.8) is 0 Å². The summed E-state index contributed by atoms with van der Waals surface area (Å²) in [4.78, 5) is 22.9. The molecule has 1 aromatic rings. The number of anilines is 1. The summed E-state index contributed by atoms with van der Waals surface area (Å²) in [6.45, 7) is 3.29. The van der Waals surface area contributed by atoms with Gasteiger partial charge in [0.15, 0.2) is 0 Å². The number of benzene rings is 1. The van der Waals surface area contributed by atoms with E-state index in [1.54, 1.807) is 7.11 Å². The number of likely N-dealkylation sites (N-methyl/N-ethyl adjacent to an activating group) is 1. The molecule has 0 aromatic heterocycles. The molecule has 0 saturated heterocycles. The summed E-state index contributed by atoms with van der Waals surface area (Å²) in [6.07, 6.45) is 0. The number of methoxy groups -OCH3 is 1. The SMILES string of the molecule is COCCNCCNC(=O)CN(C)S(=O)(=O)c1ccc(NC(C)=O)cc1.Cl. The standard InChI is InChI=1S/C16H26N4O5S.ClH/c1-13(21)19-14-4-6-15(7-5-14)26(23,24)20(2)12-16(22)18-9-8-17-10-11-25-3;/h4-7,17H,8-12H2,1-3H3,(H,18,22)(H,19,21);1H. The molecule has 1 rings (SSSR count). The highest BCUT2D eigenvalue weighted by Gasteiger charge is 2.22. The van der Waals surface area contributed by atoms with Crippen LogP contribution >= 0.6 is 12.4 Å². The van der Waals surface area contributed by atoms with E-state index in [-0.39, 0.29) is 35.7 Å². The van der Waals surface area contributed by atoms with Gasteiger partial charge in [-0.05, 0) is 24.3 Å². The van der Waals surface area contributed by atoms with Crippen molar-refractivity contribution in [2.75, 3.05) is 52.3 Å². The number of nitrogens with one attached hydrogen (secondary N) is 3. The average Bonchev–Trinajstić information content (AvgIpc) is 2.58. The second-order valence-corrected chi connectivity index (χ2v) is 7.60. The molecule has 0 aliphatic heterocycles. The molecule has 0 saturated carbocycles. The number of carbonyl (C=O) groups excluding carboxylic acids is 2. The fraction of sp³-hybridized carbons (Fsp3) is 0.500. The van der Waals surface area contributed by atoms with Crippen LogP contribution in [0.3, 0.4) is 0 Å². The van der Waals surface area contributed by atoms with Crippen LogP contribution in [0.25, 0.3) is 0 Å². The van der Waals surface area contributed by atoms with Gasteiger partial charge in [0.1, 0.15) is 0 Å². The summed E-state index contributed by atoms with van der Waals surface area (Å²) in [5, 5.41) is 8.28. The normalized spacial score (nSPS) is 11.0. The first kappa shape index (κ1) is 25.3. The number of rotatable bonds is 11. The highest BCUT2D eigenvalue weighted by molar-refractivity contribution is 7.89. The Labute approximate surface area is 166 Å². The maximum atomic E-state index is 12.5. The van der Waals surface area contributed by atoms with E-state index in [0.29, 0.717) is 31.9 Å². The predicted molar refractivity (Wildman–Crippen MR) is 106 cm³/mol. The van der Waals surface area contributed by atoms with Gasteiger partial charge in [-0.1, -0.05) is 0 Å². The largest absolute Gasteiger partial charge is 0.383 e. The summed E-state index contributed by atoms with van der Waals surface area (Å²) in [5.74, 6) is -0.634. The lowest BCUT2D eigenvalue weighted by Crippen LogP contribution is -2.40. The third kappa shape index (κ3) is 9.16.